The Balaban J connectivity index is 2.18. The van der Waals surface area contributed by atoms with E-state index in [0.29, 0.717) is 0 Å². The van der Waals surface area contributed by atoms with Crippen LogP contribution in [0.5, 0.6) is 0 Å². The van der Waals surface area contributed by atoms with E-state index < -0.39 is 0 Å². The van der Waals surface area contributed by atoms with Gasteiger partial charge in [0.2, 0.25) is 0 Å². The Morgan fingerprint density at radius 2 is 1.57 bits per heavy atom. The van der Waals surface area contributed by atoms with Gasteiger partial charge < -0.3 is 0 Å². The summed E-state index contributed by atoms with van der Waals surface area (Å²) in [5.74, 6) is 0. The quantitative estimate of drug-likeness (QED) is 0.425. The molecule has 0 aliphatic rings. The smallest absolute Gasteiger partial charge is 0.0844 e. The van der Waals surface area contributed by atoms with Gasteiger partial charge >= 0.3 is 0 Å². The second kappa shape index (κ2) is 6.00. The van der Waals surface area contributed by atoms with Gasteiger partial charge in [-0.05, 0) is 52.6 Å². The molecule has 106 valence electrons. The Bertz CT molecular complexity index is 811. The third kappa shape index (κ3) is 2.83. The van der Waals surface area contributed by atoms with E-state index in [9.17, 15) is 0 Å². The summed E-state index contributed by atoms with van der Waals surface area (Å²) in [6.45, 7) is 2.04. The minimum absolute atomic E-state index is 0.194. The largest absolute Gasteiger partial charge is 0.113 e. The van der Waals surface area contributed by atoms with E-state index in [-0.39, 0.29) is 5.38 Å². The van der Waals surface area contributed by atoms with Crippen molar-refractivity contribution in [1.82, 2.24) is 0 Å². The molecule has 0 amide bonds. The molecule has 0 radical (unpaired) electrons. The van der Waals surface area contributed by atoms with Gasteiger partial charge in [-0.3, -0.25) is 0 Å². The summed E-state index contributed by atoms with van der Waals surface area (Å²) in [6.07, 6.45) is 0. The number of fused-ring (bicyclic) bond motifs is 1. The molecule has 1 atom stereocenters. The standard InChI is InChI=1S/C18H13BrCl2/c1-11-10-12(20)6-7-13(11)18(21)16-8-9-17(19)15-5-3-2-4-14(15)16/h2-10,18H,1H3. The number of benzene rings is 3. The number of hydrogen-bond donors (Lipinski definition) is 0. The summed E-state index contributed by atoms with van der Waals surface area (Å²) >= 11 is 16.4. The molecule has 0 spiro atoms. The maximum atomic E-state index is 6.76. The van der Waals surface area contributed by atoms with Crippen LogP contribution in [-0.2, 0) is 0 Å². The SMILES string of the molecule is Cc1cc(Cl)ccc1C(Cl)c1ccc(Br)c2ccccc12. The maximum absolute atomic E-state index is 6.76. The molecule has 1 unspecified atom stereocenters. The normalized spacial score (nSPS) is 12.6. The van der Waals surface area contributed by atoms with Crippen LogP contribution in [0.1, 0.15) is 22.1 Å². The minimum Gasteiger partial charge on any atom is -0.113 e. The lowest BCUT2D eigenvalue weighted by molar-refractivity contribution is 1.13. The number of hydrogen-bond acceptors (Lipinski definition) is 0. The van der Waals surface area contributed by atoms with Gasteiger partial charge in [-0.15, -0.1) is 11.6 Å². The zero-order valence-corrected chi connectivity index (χ0v) is 14.5. The zero-order valence-electron chi connectivity index (χ0n) is 11.4. The van der Waals surface area contributed by atoms with Crippen molar-refractivity contribution in [1.29, 1.82) is 0 Å². The highest BCUT2D eigenvalue weighted by Gasteiger charge is 2.16. The van der Waals surface area contributed by atoms with Crippen molar-refractivity contribution < 1.29 is 0 Å². The maximum Gasteiger partial charge on any atom is 0.0844 e. The van der Waals surface area contributed by atoms with Gasteiger partial charge in [0.15, 0.2) is 0 Å². The molecular formula is C18H13BrCl2. The van der Waals surface area contributed by atoms with Crippen LogP contribution in [0.25, 0.3) is 10.8 Å². The van der Waals surface area contributed by atoms with Gasteiger partial charge in [0.1, 0.15) is 0 Å². The molecule has 0 aliphatic carbocycles. The van der Waals surface area contributed by atoms with Crippen LogP contribution in [0, 0.1) is 6.92 Å². The Morgan fingerprint density at radius 1 is 0.905 bits per heavy atom. The van der Waals surface area contributed by atoms with Gasteiger partial charge in [0.05, 0.1) is 5.38 Å². The summed E-state index contributed by atoms with van der Waals surface area (Å²) in [4.78, 5) is 0. The van der Waals surface area contributed by atoms with E-state index in [1.807, 2.05) is 37.3 Å². The molecule has 0 saturated carbocycles. The number of halogens is 3. The highest BCUT2D eigenvalue weighted by molar-refractivity contribution is 9.10. The number of aryl methyl sites for hydroxylation is 1. The van der Waals surface area contributed by atoms with Crippen molar-refractivity contribution >= 4 is 49.9 Å². The van der Waals surface area contributed by atoms with Gasteiger partial charge in [-0.2, -0.15) is 0 Å². The lowest BCUT2D eigenvalue weighted by Crippen LogP contribution is -1.97. The lowest BCUT2D eigenvalue weighted by Gasteiger charge is -2.16. The molecule has 0 aliphatic heterocycles. The van der Waals surface area contributed by atoms with E-state index in [4.69, 9.17) is 23.2 Å². The first-order valence-electron chi connectivity index (χ1n) is 6.65. The first kappa shape index (κ1) is 14.9. The van der Waals surface area contributed by atoms with Crippen molar-refractivity contribution in [2.45, 2.75) is 12.3 Å². The molecule has 0 saturated heterocycles. The van der Waals surface area contributed by atoms with Crippen molar-refractivity contribution in [2.24, 2.45) is 0 Å². The van der Waals surface area contributed by atoms with E-state index in [2.05, 4.69) is 40.2 Å². The third-order valence-corrected chi connectivity index (χ3v) is 5.08. The molecule has 3 heteroatoms. The van der Waals surface area contributed by atoms with Crippen molar-refractivity contribution in [3.05, 3.63) is 80.8 Å². The zero-order chi connectivity index (χ0) is 15.0. The van der Waals surface area contributed by atoms with Crippen LogP contribution in [0.4, 0.5) is 0 Å². The average Bonchev–Trinajstić information content (AvgIpc) is 2.47. The fourth-order valence-electron chi connectivity index (χ4n) is 2.60. The second-order valence-corrected chi connectivity index (χ2v) is 6.77. The molecule has 3 aromatic carbocycles. The summed E-state index contributed by atoms with van der Waals surface area (Å²) in [6, 6.07) is 18.3. The van der Waals surface area contributed by atoms with Gasteiger partial charge in [-0.25, -0.2) is 0 Å². The Hall–Kier alpha value is -1.02. The molecule has 0 N–H and O–H groups in total. The first-order valence-corrected chi connectivity index (χ1v) is 8.26. The molecular weight excluding hydrogens is 367 g/mol. The minimum atomic E-state index is -0.194. The van der Waals surface area contributed by atoms with E-state index in [1.165, 1.54) is 10.8 Å². The lowest BCUT2D eigenvalue weighted by atomic mass is 9.95. The van der Waals surface area contributed by atoms with Gasteiger partial charge in [-0.1, -0.05) is 63.9 Å². The Kier molecular flexibility index (Phi) is 4.26. The second-order valence-electron chi connectivity index (χ2n) is 5.05. The fourth-order valence-corrected chi connectivity index (χ4v) is 3.74. The molecule has 0 heterocycles. The van der Waals surface area contributed by atoms with Crippen molar-refractivity contribution in [3.63, 3.8) is 0 Å². The van der Waals surface area contributed by atoms with E-state index >= 15 is 0 Å². The Labute approximate surface area is 142 Å². The summed E-state index contributed by atoms with van der Waals surface area (Å²) in [5, 5.41) is 2.88. The average molecular weight is 380 g/mol. The molecule has 21 heavy (non-hydrogen) atoms. The highest BCUT2D eigenvalue weighted by atomic mass is 79.9. The highest BCUT2D eigenvalue weighted by Crippen LogP contribution is 2.38. The Morgan fingerprint density at radius 3 is 2.29 bits per heavy atom. The summed E-state index contributed by atoms with van der Waals surface area (Å²) in [7, 11) is 0. The van der Waals surface area contributed by atoms with E-state index in [1.54, 1.807) is 0 Å². The number of rotatable bonds is 2. The van der Waals surface area contributed by atoms with E-state index in [0.717, 1.165) is 26.2 Å². The van der Waals surface area contributed by atoms with Gasteiger partial charge in [0, 0.05) is 9.50 Å². The topological polar surface area (TPSA) is 0 Å². The molecule has 0 nitrogen and oxygen atoms in total. The van der Waals surface area contributed by atoms with Crippen LogP contribution in [0.3, 0.4) is 0 Å². The molecule has 3 rings (SSSR count). The summed E-state index contributed by atoms with van der Waals surface area (Å²) < 4.78 is 1.08. The van der Waals surface area contributed by atoms with Crippen LogP contribution >= 0.6 is 39.1 Å². The number of alkyl halides is 1. The van der Waals surface area contributed by atoms with Crippen LogP contribution in [0.15, 0.2) is 59.1 Å². The van der Waals surface area contributed by atoms with Crippen molar-refractivity contribution in [3.8, 4) is 0 Å². The molecule has 3 aromatic rings. The van der Waals surface area contributed by atoms with Crippen molar-refractivity contribution in [2.75, 3.05) is 0 Å². The molecule has 0 aromatic heterocycles. The predicted molar refractivity (Wildman–Crippen MR) is 95.5 cm³/mol. The first-order chi connectivity index (χ1) is 10.1. The van der Waals surface area contributed by atoms with Crippen LogP contribution in [0.2, 0.25) is 5.02 Å². The van der Waals surface area contributed by atoms with Crippen LogP contribution in [-0.4, -0.2) is 0 Å². The summed E-state index contributed by atoms with van der Waals surface area (Å²) in [5.41, 5.74) is 3.31. The van der Waals surface area contributed by atoms with Gasteiger partial charge in [0.25, 0.3) is 0 Å². The molecule has 0 fully saturated rings. The predicted octanol–water partition coefficient (Wildman–Crippen LogP) is 6.89. The third-order valence-electron chi connectivity index (χ3n) is 3.68. The molecule has 0 bridgehead atoms. The fraction of sp³-hybridized carbons (Fsp3) is 0.111. The van der Waals surface area contributed by atoms with Crippen LogP contribution < -0.4 is 0 Å². The monoisotopic (exact) mass is 378 g/mol.